The van der Waals surface area contributed by atoms with Gasteiger partial charge in [0.2, 0.25) is 18.4 Å². The number of ether oxygens (including phenoxy) is 3. The molecule has 10 nitrogen and oxygen atoms in total. The Morgan fingerprint density at radius 2 is 2.21 bits per heavy atom. The molecule has 3 N–H and O–H groups in total. The number of rotatable bonds is 4. The number of aliphatic imine (C=N–C) groups is 1. The Morgan fingerprint density at radius 3 is 2.96 bits per heavy atom. The van der Waals surface area contributed by atoms with E-state index >= 15 is 0 Å². The van der Waals surface area contributed by atoms with Crippen molar-refractivity contribution in [2.75, 3.05) is 34.0 Å². The van der Waals surface area contributed by atoms with E-state index in [0.29, 0.717) is 23.8 Å². The van der Waals surface area contributed by atoms with Crippen molar-refractivity contribution in [1.29, 1.82) is 0 Å². The van der Waals surface area contributed by atoms with E-state index in [2.05, 4.69) is 19.9 Å². The third kappa shape index (κ3) is 3.01. The fourth-order valence-electron chi connectivity index (χ4n) is 3.60. The summed E-state index contributed by atoms with van der Waals surface area (Å²) < 4.78 is 16.7. The van der Waals surface area contributed by atoms with Crippen LogP contribution in [0.2, 0.25) is 0 Å². The van der Waals surface area contributed by atoms with Gasteiger partial charge in [-0.3, -0.25) is 24.7 Å². The zero-order valence-corrected chi connectivity index (χ0v) is 15.4. The molecule has 148 valence electrons. The van der Waals surface area contributed by atoms with Crippen LogP contribution in [0.1, 0.15) is 22.7 Å². The number of nitrogens with zero attached hydrogens (tertiary/aromatic N) is 2. The maximum absolute atomic E-state index is 11.8. The standard InChI is InChI=1S/C18H20N4O6/c1-22-4-3-9-5-12-14(28-8-27-12)15(26-2)13(9)11(22)7-19-6-10-16(23)20-18(25)21-17(10)24/h5-6,11H,3-4,7-8H2,1-2H3,(H3,20,21,23,24,25)/t11-/m1/s1. The fourth-order valence-corrected chi connectivity index (χ4v) is 3.60. The fraction of sp³-hybridized carbons (Fsp3) is 0.389. The van der Waals surface area contributed by atoms with Crippen LogP contribution in [0, 0.1) is 0 Å². The van der Waals surface area contributed by atoms with Crippen LogP contribution in [0.25, 0.3) is 0 Å². The lowest BCUT2D eigenvalue weighted by atomic mass is 9.91. The minimum Gasteiger partial charge on any atom is -0.494 e. The average Bonchev–Trinajstić information content (AvgIpc) is 3.11. The largest absolute Gasteiger partial charge is 0.494 e. The Hall–Kier alpha value is -3.27. The number of aromatic amines is 2. The van der Waals surface area contributed by atoms with E-state index < -0.39 is 17.1 Å². The average molecular weight is 388 g/mol. The maximum Gasteiger partial charge on any atom is 0.328 e. The SMILES string of the molecule is COc1c2c(cc3c1[C@@H](CN=Cc1c(O)[nH]c(=O)[nH]c1=O)N(C)CC3)OCO2. The normalized spacial score (nSPS) is 18.4. The summed E-state index contributed by atoms with van der Waals surface area (Å²) in [5.74, 6) is 1.37. The molecule has 2 aromatic rings. The lowest BCUT2D eigenvalue weighted by molar-refractivity contribution is 0.170. The van der Waals surface area contributed by atoms with E-state index in [9.17, 15) is 14.7 Å². The maximum atomic E-state index is 11.8. The first-order valence-electron chi connectivity index (χ1n) is 8.74. The minimum atomic E-state index is -0.776. The van der Waals surface area contributed by atoms with Crippen molar-refractivity contribution in [3.63, 3.8) is 0 Å². The van der Waals surface area contributed by atoms with Crippen molar-refractivity contribution < 1.29 is 19.3 Å². The van der Waals surface area contributed by atoms with Gasteiger partial charge >= 0.3 is 5.69 Å². The zero-order valence-electron chi connectivity index (χ0n) is 15.4. The molecule has 28 heavy (non-hydrogen) atoms. The van der Waals surface area contributed by atoms with Gasteiger partial charge in [-0.05, 0) is 25.1 Å². The predicted molar refractivity (Wildman–Crippen MR) is 100 cm³/mol. The summed E-state index contributed by atoms with van der Waals surface area (Å²) >= 11 is 0. The number of likely N-dealkylation sites (N-methyl/N-ethyl adjacent to an activating group) is 1. The molecule has 0 aliphatic carbocycles. The number of benzene rings is 1. The number of methoxy groups -OCH3 is 1. The van der Waals surface area contributed by atoms with Gasteiger partial charge in [-0.2, -0.15) is 0 Å². The Balaban J connectivity index is 1.69. The van der Waals surface area contributed by atoms with Gasteiger partial charge in [0.1, 0.15) is 5.56 Å². The molecular weight excluding hydrogens is 368 g/mol. The summed E-state index contributed by atoms with van der Waals surface area (Å²) in [6.07, 6.45) is 2.09. The lowest BCUT2D eigenvalue weighted by Crippen LogP contribution is -2.34. The third-order valence-electron chi connectivity index (χ3n) is 5.00. The van der Waals surface area contributed by atoms with Crippen LogP contribution < -0.4 is 25.5 Å². The quantitative estimate of drug-likeness (QED) is 0.636. The summed E-state index contributed by atoms with van der Waals surface area (Å²) in [6, 6.07) is 1.86. The van der Waals surface area contributed by atoms with Crippen LogP contribution in [0.3, 0.4) is 0 Å². The molecule has 2 aliphatic rings. The van der Waals surface area contributed by atoms with Crippen LogP contribution in [-0.2, 0) is 6.42 Å². The predicted octanol–water partition coefficient (Wildman–Crippen LogP) is 0.154. The highest BCUT2D eigenvalue weighted by atomic mass is 16.7. The first-order valence-corrected chi connectivity index (χ1v) is 8.74. The second-order valence-corrected chi connectivity index (χ2v) is 6.63. The Labute approximate surface area is 159 Å². The van der Waals surface area contributed by atoms with E-state index in [1.807, 2.05) is 13.1 Å². The monoisotopic (exact) mass is 388 g/mol. The number of aromatic nitrogens is 2. The molecule has 0 spiro atoms. The van der Waals surface area contributed by atoms with Crippen molar-refractivity contribution >= 4 is 6.21 Å². The molecule has 0 fully saturated rings. The van der Waals surface area contributed by atoms with Gasteiger partial charge in [-0.15, -0.1) is 0 Å². The van der Waals surface area contributed by atoms with E-state index in [-0.39, 0.29) is 18.4 Å². The molecule has 1 atom stereocenters. The van der Waals surface area contributed by atoms with E-state index in [4.69, 9.17) is 14.2 Å². The zero-order chi connectivity index (χ0) is 19.8. The molecular formula is C18H20N4O6. The summed E-state index contributed by atoms with van der Waals surface area (Å²) in [6.45, 7) is 1.29. The van der Waals surface area contributed by atoms with Gasteiger partial charge in [-0.25, -0.2) is 4.79 Å². The number of aromatic hydroxyl groups is 1. The first kappa shape index (κ1) is 18.1. The molecule has 1 aromatic carbocycles. The molecule has 0 saturated carbocycles. The van der Waals surface area contributed by atoms with Gasteiger partial charge in [0.15, 0.2) is 11.5 Å². The van der Waals surface area contributed by atoms with Crippen LogP contribution >= 0.6 is 0 Å². The minimum absolute atomic E-state index is 0.101. The number of hydrogen-bond donors (Lipinski definition) is 3. The summed E-state index contributed by atoms with van der Waals surface area (Å²) in [4.78, 5) is 33.7. The van der Waals surface area contributed by atoms with Gasteiger partial charge in [0.25, 0.3) is 5.56 Å². The molecule has 0 unspecified atom stereocenters. The van der Waals surface area contributed by atoms with Gasteiger partial charge in [0.05, 0.1) is 19.7 Å². The molecule has 2 aliphatic heterocycles. The lowest BCUT2D eigenvalue weighted by Gasteiger charge is -2.35. The van der Waals surface area contributed by atoms with Gasteiger partial charge in [0, 0.05) is 18.3 Å². The number of hydrogen-bond acceptors (Lipinski definition) is 8. The van der Waals surface area contributed by atoms with Crippen molar-refractivity contribution in [3.8, 4) is 23.1 Å². The van der Waals surface area contributed by atoms with Crippen molar-refractivity contribution in [2.24, 2.45) is 4.99 Å². The van der Waals surface area contributed by atoms with E-state index in [1.54, 1.807) is 7.11 Å². The Morgan fingerprint density at radius 1 is 1.39 bits per heavy atom. The van der Waals surface area contributed by atoms with Crippen molar-refractivity contribution in [3.05, 3.63) is 43.6 Å². The molecule has 0 radical (unpaired) electrons. The highest BCUT2D eigenvalue weighted by molar-refractivity contribution is 5.81. The summed E-state index contributed by atoms with van der Waals surface area (Å²) in [5.41, 5.74) is 0.488. The van der Waals surface area contributed by atoms with Crippen molar-refractivity contribution in [2.45, 2.75) is 12.5 Å². The van der Waals surface area contributed by atoms with Gasteiger partial charge in [-0.1, -0.05) is 0 Å². The van der Waals surface area contributed by atoms with Crippen LogP contribution in [0.15, 0.2) is 20.6 Å². The van der Waals surface area contributed by atoms with Crippen molar-refractivity contribution in [1.82, 2.24) is 14.9 Å². The molecule has 10 heteroatoms. The smallest absolute Gasteiger partial charge is 0.328 e. The van der Waals surface area contributed by atoms with Crippen LogP contribution in [-0.4, -0.2) is 60.2 Å². The first-order chi connectivity index (χ1) is 13.5. The number of nitrogens with one attached hydrogen (secondary N) is 2. The third-order valence-corrected chi connectivity index (χ3v) is 5.00. The van der Waals surface area contributed by atoms with E-state index in [1.165, 1.54) is 6.21 Å². The number of fused-ring (bicyclic) bond motifs is 2. The molecule has 1 aromatic heterocycles. The number of H-pyrrole nitrogens is 2. The van der Waals surface area contributed by atoms with Crippen LogP contribution in [0.4, 0.5) is 0 Å². The second-order valence-electron chi connectivity index (χ2n) is 6.63. The highest BCUT2D eigenvalue weighted by Crippen LogP contribution is 2.49. The molecule has 0 saturated heterocycles. The Bertz CT molecular complexity index is 1060. The molecule has 0 amide bonds. The topological polar surface area (TPSA) is 129 Å². The molecule has 3 heterocycles. The van der Waals surface area contributed by atoms with E-state index in [0.717, 1.165) is 24.1 Å². The molecule has 0 bridgehead atoms. The Kier molecular flexibility index (Phi) is 4.55. The van der Waals surface area contributed by atoms with Crippen LogP contribution in [0.5, 0.6) is 23.1 Å². The summed E-state index contributed by atoms with van der Waals surface area (Å²) in [7, 11) is 3.57. The highest BCUT2D eigenvalue weighted by Gasteiger charge is 2.33. The van der Waals surface area contributed by atoms with Gasteiger partial charge < -0.3 is 19.3 Å². The molecule has 4 rings (SSSR count). The summed E-state index contributed by atoms with van der Waals surface area (Å²) in [5, 5.41) is 9.78. The second kappa shape index (κ2) is 7.04.